The smallest absolute Gasteiger partial charge is 0.229 e. The van der Waals surface area contributed by atoms with Crippen molar-refractivity contribution < 1.29 is 24.1 Å². The van der Waals surface area contributed by atoms with Gasteiger partial charge in [-0.05, 0) is 30.2 Å². The van der Waals surface area contributed by atoms with E-state index < -0.39 is 0 Å². The molecule has 0 saturated carbocycles. The summed E-state index contributed by atoms with van der Waals surface area (Å²) in [6.07, 6.45) is 2.97. The maximum absolute atomic E-state index is 12.7. The Bertz CT molecular complexity index is 1030. The van der Waals surface area contributed by atoms with Gasteiger partial charge in [-0.3, -0.25) is 4.79 Å². The highest BCUT2D eigenvalue weighted by molar-refractivity contribution is 5.91. The molecule has 6 nitrogen and oxygen atoms in total. The summed E-state index contributed by atoms with van der Waals surface area (Å²) in [5.41, 5.74) is 1.38. The summed E-state index contributed by atoms with van der Waals surface area (Å²) in [6.45, 7) is 8.25. The SMILES string of the molecule is CC.CC.O=c1c2cc(CCC3=COCO3)ccc2oc2cc(O)c(O)cc12. The van der Waals surface area contributed by atoms with E-state index >= 15 is 0 Å². The van der Waals surface area contributed by atoms with E-state index in [1.165, 1.54) is 12.1 Å². The molecule has 28 heavy (non-hydrogen) atoms. The lowest BCUT2D eigenvalue weighted by Gasteiger charge is -2.06. The zero-order chi connectivity index (χ0) is 20.7. The summed E-state index contributed by atoms with van der Waals surface area (Å²) in [4.78, 5) is 12.7. The van der Waals surface area contributed by atoms with Gasteiger partial charge in [0.15, 0.2) is 11.5 Å². The average molecular weight is 386 g/mol. The minimum Gasteiger partial charge on any atom is -0.504 e. The fourth-order valence-corrected chi connectivity index (χ4v) is 2.75. The molecule has 0 bridgehead atoms. The Balaban J connectivity index is 0.000000660. The van der Waals surface area contributed by atoms with Crippen LogP contribution in [0.5, 0.6) is 11.5 Å². The predicted octanol–water partition coefficient (Wildman–Crippen LogP) is 5.19. The topological polar surface area (TPSA) is 89.1 Å². The Morgan fingerprint density at radius 2 is 1.57 bits per heavy atom. The summed E-state index contributed by atoms with van der Waals surface area (Å²) in [6, 6.07) is 7.85. The van der Waals surface area contributed by atoms with Crippen molar-refractivity contribution in [3.63, 3.8) is 0 Å². The van der Waals surface area contributed by atoms with Crippen molar-refractivity contribution >= 4 is 21.9 Å². The first-order valence-corrected chi connectivity index (χ1v) is 9.47. The highest BCUT2D eigenvalue weighted by atomic mass is 16.7. The molecular formula is C22H26O6. The van der Waals surface area contributed by atoms with Gasteiger partial charge in [-0.1, -0.05) is 33.8 Å². The van der Waals surface area contributed by atoms with Gasteiger partial charge in [0, 0.05) is 12.5 Å². The lowest BCUT2D eigenvalue weighted by molar-refractivity contribution is 0.0779. The average Bonchev–Trinajstić information content (AvgIpc) is 3.25. The van der Waals surface area contributed by atoms with Gasteiger partial charge >= 0.3 is 0 Å². The van der Waals surface area contributed by atoms with Gasteiger partial charge < -0.3 is 24.1 Å². The van der Waals surface area contributed by atoms with Gasteiger partial charge in [-0.15, -0.1) is 0 Å². The number of fused-ring (bicyclic) bond motifs is 2. The number of ether oxygens (including phenoxy) is 2. The molecule has 6 heteroatoms. The van der Waals surface area contributed by atoms with Gasteiger partial charge in [0.2, 0.25) is 12.2 Å². The van der Waals surface area contributed by atoms with Crippen LogP contribution in [0.3, 0.4) is 0 Å². The molecule has 0 unspecified atom stereocenters. The van der Waals surface area contributed by atoms with Gasteiger partial charge in [-0.25, -0.2) is 0 Å². The first-order chi connectivity index (χ1) is 13.6. The second-order valence-corrected chi connectivity index (χ2v) is 5.61. The molecule has 0 radical (unpaired) electrons. The normalized spacial score (nSPS) is 12.2. The molecule has 3 aromatic rings. The minimum absolute atomic E-state index is 0.227. The molecule has 0 amide bonds. The molecule has 0 fully saturated rings. The van der Waals surface area contributed by atoms with E-state index in [2.05, 4.69) is 0 Å². The first-order valence-electron chi connectivity index (χ1n) is 9.47. The number of aryl methyl sites for hydroxylation is 1. The summed E-state index contributed by atoms with van der Waals surface area (Å²) >= 11 is 0. The van der Waals surface area contributed by atoms with Crippen LogP contribution in [0.25, 0.3) is 21.9 Å². The molecule has 2 heterocycles. The lowest BCUT2D eigenvalue weighted by Crippen LogP contribution is -2.03. The quantitative estimate of drug-likeness (QED) is 0.476. The zero-order valence-corrected chi connectivity index (χ0v) is 16.6. The molecule has 1 aliphatic rings. The van der Waals surface area contributed by atoms with E-state index in [-0.39, 0.29) is 34.7 Å². The zero-order valence-electron chi connectivity index (χ0n) is 16.6. The Kier molecular flexibility index (Phi) is 7.32. The largest absolute Gasteiger partial charge is 0.504 e. The van der Waals surface area contributed by atoms with E-state index in [9.17, 15) is 15.0 Å². The molecule has 150 valence electrons. The number of hydrogen-bond donors (Lipinski definition) is 2. The van der Waals surface area contributed by atoms with Crippen molar-refractivity contribution in [2.45, 2.75) is 40.5 Å². The number of hydrogen-bond acceptors (Lipinski definition) is 6. The molecule has 1 aromatic heterocycles. The molecule has 0 aliphatic carbocycles. The summed E-state index contributed by atoms with van der Waals surface area (Å²) in [7, 11) is 0. The lowest BCUT2D eigenvalue weighted by atomic mass is 10.0. The predicted molar refractivity (Wildman–Crippen MR) is 109 cm³/mol. The summed E-state index contributed by atoms with van der Waals surface area (Å²) < 4.78 is 16.0. The highest BCUT2D eigenvalue weighted by Crippen LogP contribution is 2.30. The van der Waals surface area contributed by atoms with E-state index in [0.29, 0.717) is 23.8 Å². The fourth-order valence-electron chi connectivity index (χ4n) is 2.75. The standard InChI is InChI=1S/C18H14O6.2C2H6/c19-14-6-13-17(7-15(14)20)24-16-4-2-10(5-12(16)18(13)21)1-3-11-8-22-9-23-11;2*1-2/h2,4-8,19-20H,1,3,9H2;2*1-2H3. The summed E-state index contributed by atoms with van der Waals surface area (Å²) in [5, 5.41) is 19.8. The minimum atomic E-state index is -0.351. The highest BCUT2D eigenvalue weighted by Gasteiger charge is 2.12. The van der Waals surface area contributed by atoms with Crippen LogP contribution in [0.2, 0.25) is 0 Å². The maximum Gasteiger partial charge on any atom is 0.229 e. The van der Waals surface area contributed by atoms with E-state index in [0.717, 1.165) is 11.3 Å². The number of phenols is 2. The Morgan fingerprint density at radius 3 is 2.25 bits per heavy atom. The van der Waals surface area contributed by atoms with Gasteiger partial charge in [0.25, 0.3) is 0 Å². The van der Waals surface area contributed by atoms with Crippen molar-refractivity contribution in [2.75, 3.05) is 6.79 Å². The van der Waals surface area contributed by atoms with E-state index in [1.807, 2.05) is 33.8 Å². The monoisotopic (exact) mass is 386 g/mol. The van der Waals surface area contributed by atoms with Crippen molar-refractivity contribution in [3.05, 3.63) is 58.1 Å². The first kappa shape index (κ1) is 21.2. The number of phenolic OH excluding ortho intramolecular Hbond substituents is 2. The second kappa shape index (κ2) is 9.69. The van der Waals surface area contributed by atoms with E-state index in [1.54, 1.807) is 18.4 Å². The van der Waals surface area contributed by atoms with Crippen LogP contribution in [-0.4, -0.2) is 17.0 Å². The Morgan fingerprint density at radius 1 is 0.893 bits per heavy atom. The molecule has 0 atom stereocenters. The molecule has 0 saturated heterocycles. The van der Waals surface area contributed by atoms with Crippen LogP contribution >= 0.6 is 0 Å². The Labute approximate surface area is 163 Å². The van der Waals surface area contributed by atoms with Crippen molar-refractivity contribution in [2.24, 2.45) is 0 Å². The van der Waals surface area contributed by atoms with Crippen molar-refractivity contribution in [1.29, 1.82) is 0 Å². The van der Waals surface area contributed by atoms with Crippen LogP contribution in [0, 0.1) is 0 Å². The third-order valence-corrected chi connectivity index (χ3v) is 4.02. The molecule has 2 N–H and O–H groups in total. The van der Waals surface area contributed by atoms with Crippen LogP contribution < -0.4 is 5.43 Å². The number of rotatable bonds is 3. The molecule has 1 aliphatic heterocycles. The van der Waals surface area contributed by atoms with Crippen LogP contribution in [0.4, 0.5) is 0 Å². The fraction of sp³-hybridized carbons (Fsp3) is 0.318. The van der Waals surface area contributed by atoms with Gasteiger partial charge in [-0.2, -0.15) is 0 Å². The number of allylic oxidation sites excluding steroid dienone is 1. The molecular weight excluding hydrogens is 360 g/mol. The number of benzene rings is 2. The second-order valence-electron chi connectivity index (χ2n) is 5.61. The van der Waals surface area contributed by atoms with Crippen LogP contribution in [-0.2, 0) is 15.9 Å². The number of aromatic hydroxyl groups is 2. The van der Waals surface area contributed by atoms with Gasteiger partial charge in [0.05, 0.1) is 10.8 Å². The molecule has 4 rings (SSSR count). The van der Waals surface area contributed by atoms with Gasteiger partial charge in [0.1, 0.15) is 23.2 Å². The van der Waals surface area contributed by atoms with Crippen LogP contribution in [0.1, 0.15) is 39.7 Å². The van der Waals surface area contributed by atoms with Crippen molar-refractivity contribution in [3.8, 4) is 11.5 Å². The third kappa shape index (κ3) is 4.39. The summed E-state index contributed by atoms with van der Waals surface area (Å²) in [5.74, 6) is 0.102. The third-order valence-electron chi connectivity index (χ3n) is 4.02. The van der Waals surface area contributed by atoms with Crippen molar-refractivity contribution in [1.82, 2.24) is 0 Å². The maximum atomic E-state index is 12.7. The molecule has 2 aromatic carbocycles. The van der Waals surface area contributed by atoms with E-state index in [4.69, 9.17) is 13.9 Å². The molecule has 0 spiro atoms. The Hall–Kier alpha value is -3.15. The van der Waals surface area contributed by atoms with Crippen LogP contribution in [0.15, 0.2) is 51.6 Å².